The van der Waals surface area contributed by atoms with Gasteiger partial charge in [0.2, 0.25) is 5.91 Å². The van der Waals surface area contributed by atoms with Crippen LogP contribution in [0.4, 0.5) is 5.69 Å². The van der Waals surface area contributed by atoms with E-state index in [1.807, 2.05) is 12.1 Å². The second kappa shape index (κ2) is 8.86. The smallest absolute Gasteiger partial charge is 0.251 e. The molecule has 4 aliphatic rings. The first kappa shape index (κ1) is 22.4. The number of hydrogen-bond donors (Lipinski definition) is 2. The Balaban J connectivity index is 1.20. The summed E-state index contributed by atoms with van der Waals surface area (Å²) in [4.78, 5) is 27.8. The van der Waals surface area contributed by atoms with Crippen LogP contribution >= 0.6 is 0 Å². The van der Waals surface area contributed by atoms with Gasteiger partial charge in [0.15, 0.2) is 11.5 Å². The van der Waals surface area contributed by atoms with Crippen molar-refractivity contribution in [1.29, 1.82) is 0 Å². The number of carbonyl (C=O) groups is 2. The molecule has 1 atom stereocenters. The lowest BCUT2D eigenvalue weighted by atomic mass is 9.71. The molecule has 2 fully saturated rings. The molecule has 2 aliphatic carbocycles. The van der Waals surface area contributed by atoms with Crippen molar-refractivity contribution in [2.45, 2.75) is 62.9 Å². The molecule has 2 aromatic carbocycles. The molecule has 0 bridgehead atoms. The van der Waals surface area contributed by atoms with Gasteiger partial charge in [-0.2, -0.15) is 0 Å². The molecule has 2 aliphatic heterocycles. The molecule has 1 spiro atoms. The highest BCUT2D eigenvalue weighted by molar-refractivity contribution is 5.97. The lowest BCUT2D eigenvalue weighted by molar-refractivity contribution is -0.118. The zero-order valence-electron chi connectivity index (χ0n) is 20.3. The summed E-state index contributed by atoms with van der Waals surface area (Å²) in [6.07, 6.45) is 6.76. The summed E-state index contributed by atoms with van der Waals surface area (Å²) in [5.74, 6) is 1.51. The maximum Gasteiger partial charge on any atom is 0.251 e. The Morgan fingerprint density at radius 1 is 1.06 bits per heavy atom. The van der Waals surface area contributed by atoms with Crippen LogP contribution in [0.2, 0.25) is 0 Å². The van der Waals surface area contributed by atoms with E-state index in [9.17, 15) is 9.59 Å². The van der Waals surface area contributed by atoms with E-state index in [2.05, 4.69) is 34.6 Å². The molecule has 6 rings (SSSR count). The van der Waals surface area contributed by atoms with Crippen molar-refractivity contribution in [3.05, 3.63) is 53.1 Å². The molecular formula is C28H33N3O4. The molecule has 0 radical (unpaired) electrons. The molecule has 0 aromatic heterocycles. The van der Waals surface area contributed by atoms with E-state index in [-0.39, 0.29) is 23.3 Å². The van der Waals surface area contributed by atoms with Crippen molar-refractivity contribution in [2.24, 2.45) is 0 Å². The van der Waals surface area contributed by atoms with E-state index in [0.717, 1.165) is 43.7 Å². The Labute approximate surface area is 206 Å². The average Bonchev–Trinajstić information content (AvgIpc) is 3.56. The second-order valence-corrected chi connectivity index (χ2v) is 10.5. The van der Waals surface area contributed by atoms with Gasteiger partial charge in [0, 0.05) is 35.3 Å². The molecule has 7 nitrogen and oxygen atoms in total. The summed E-state index contributed by atoms with van der Waals surface area (Å²) in [5, 5.41) is 6.02. The summed E-state index contributed by atoms with van der Waals surface area (Å²) in [5.41, 5.74) is 3.90. The fourth-order valence-electron chi connectivity index (χ4n) is 6.01. The van der Waals surface area contributed by atoms with E-state index < -0.39 is 0 Å². The summed E-state index contributed by atoms with van der Waals surface area (Å²) in [7, 11) is 0. The van der Waals surface area contributed by atoms with Gasteiger partial charge < -0.3 is 20.1 Å². The number of anilines is 1. The monoisotopic (exact) mass is 475 g/mol. The topological polar surface area (TPSA) is 79.9 Å². The molecule has 2 N–H and O–H groups in total. The maximum absolute atomic E-state index is 13.1. The number of fused-ring (bicyclic) bond motifs is 3. The Bertz CT molecular complexity index is 1150. The largest absolute Gasteiger partial charge is 0.486 e. The number of nitrogens with zero attached hydrogens (tertiary/aromatic N) is 1. The zero-order chi connectivity index (χ0) is 24.0. The SMILES string of the molecule is CC1c2cc3c(cc2C2(CCCC2)CN1CC(=O)Nc1cccc(C(=O)NC2CC2)c1)OCCO3. The number of carbonyl (C=O) groups excluding carboxylic acids is 2. The number of rotatable bonds is 5. The number of amides is 2. The van der Waals surface area contributed by atoms with Gasteiger partial charge >= 0.3 is 0 Å². The predicted octanol–water partition coefficient (Wildman–Crippen LogP) is 4.18. The van der Waals surface area contributed by atoms with Crippen molar-refractivity contribution in [1.82, 2.24) is 10.2 Å². The zero-order valence-corrected chi connectivity index (χ0v) is 20.3. The van der Waals surface area contributed by atoms with Crippen molar-refractivity contribution in [2.75, 3.05) is 31.6 Å². The van der Waals surface area contributed by atoms with Gasteiger partial charge in [-0.15, -0.1) is 0 Å². The first-order valence-electron chi connectivity index (χ1n) is 12.9. The van der Waals surface area contributed by atoms with Gasteiger partial charge in [-0.05, 0) is 74.1 Å². The number of hydrogen-bond acceptors (Lipinski definition) is 5. The quantitative estimate of drug-likeness (QED) is 0.678. The molecule has 2 heterocycles. The van der Waals surface area contributed by atoms with E-state index in [1.54, 1.807) is 12.1 Å². The molecular weight excluding hydrogens is 442 g/mol. The number of benzene rings is 2. The first-order valence-corrected chi connectivity index (χ1v) is 12.9. The van der Waals surface area contributed by atoms with Crippen LogP contribution in [-0.4, -0.2) is 49.1 Å². The Hall–Kier alpha value is -3.06. The van der Waals surface area contributed by atoms with Crippen molar-refractivity contribution in [3.63, 3.8) is 0 Å². The van der Waals surface area contributed by atoms with Crippen LogP contribution in [0.15, 0.2) is 36.4 Å². The highest BCUT2D eigenvalue weighted by Gasteiger charge is 2.45. The van der Waals surface area contributed by atoms with Crippen LogP contribution in [0.1, 0.15) is 73.0 Å². The van der Waals surface area contributed by atoms with Gasteiger partial charge in [-0.25, -0.2) is 0 Å². The molecule has 1 unspecified atom stereocenters. The standard InChI is InChI=1S/C28H33N3O4/c1-18-22-14-24-25(35-12-11-34-24)15-23(22)28(9-2-3-10-28)17-31(18)16-26(32)29-21-6-4-5-19(13-21)27(33)30-20-7-8-20/h4-6,13-15,18,20H,2-3,7-12,16-17H2,1H3,(H,29,32)(H,30,33). The van der Waals surface area contributed by atoms with Gasteiger partial charge in [0.1, 0.15) is 13.2 Å². The van der Waals surface area contributed by atoms with Gasteiger partial charge in [-0.3, -0.25) is 14.5 Å². The third-order valence-corrected chi connectivity index (χ3v) is 8.02. The van der Waals surface area contributed by atoms with Crippen LogP contribution in [0, 0.1) is 0 Å². The van der Waals surface area contributed by atoms with Crippen LogP contribution in [0.3, 0.4) is 0 Å². The minimum atomic E-state index is -0.0810. The van der Waals surface area contributed by atoms with Crippen molar-refractivity contribution in [3.8, 4) is 11.5 Å². The second-order valence-electron chi connectivity index (χ2n) is 10.5. The molecule has 0 saturated heterocycles. The third kappa shape index (κ3) is 4.38. The van der Waals surface area contributed by atoms with Gasteiger partial charge in [-0.1, -0.05) is 18.9 Å². The number of ether oxygens (including phenoxy) is 2. The van der Waals surface area contributed by atoms with Gasteiger partial charge in [0.05, 0.1) is 6.54 Å². The van der Waals surface area contributed by atoms with Crippen LogP contribution in [0.25, 0.3) is 0 Å². The van der Waals surface area contributed by atoms with Crippen LogP contribution in [0.5, 0.6) is 11.5 Å². The van der Waals surface area contributed by atoms with E-state index in [0.29, 0.717) is 37.1 Å². The van der Waals surface area contributed by atoms with Gasteiger partial charge in [0.25, 0.3) is 5.91 Å². The fourth-order valence-corrected chi connectivity index (χ4v) is 6.01. The summed E-state index contributed by atoms with van der Waals surface area (Å²) < 4.78 is 11.8. The lowest BCUT2D eigenvalue weighted by Gasteiger charge is -2.46. The molecule has 2 aromatic rings. The molecule has 7 heteroatoms. The van der Waals surface area contributed by atoms with Crippen molar-refractivity contribution >= 4 is 17.5 Å². The highest BCUT2D eigenvalue weighted by Crippen LogP contribution is 2.51. The van der Waals surface area contributed by atoms with E-state index in [1.165, 1.54) is 24.0 Å². The Kier molecular flexibility index (Phi) is 5.67. The molecule has 2 saturated carbocycles. The molecule has 184 valence electrons. The number of nitrogens with one attached hydrogen (secondary N) is 2. The summed E-state index contributed by atoms with van der Waals surface area (Å²) in [6, 6.07) is 11.9. The normalized spacial score (nSPS) is 22.5. The van der Waals surface area contributed by atoms with Crippen molar-refractivity contribution < 1.29 is 19.1 Å². The summed E-state index contributed by atoms with van der Waals surface area (Å²) >= 11 is 0. The Morgan fingerprint density at radius 2 is 1.80 bits per heavy atom. The maximum atomic E-state index is 13.1. The van der Waals surface area contributed by atoms with Crippen LogP contribution in [-0.2, 0) is 10.2 Å². The molecule has 35 heavy (non-hydrogen) atoms. The Morgan fingerprint density at radius 3 is 2.54 bits per heavy atom. The lowest BCUT2D eigenvalue weighted by Crippen LogP contribution is -2.48. The fraction of sp³-hybridized carbons (Fsp3) is 0.500. The third-order valence-electron chi connectivity index (χ3n) is 8.02. The molecule has 2 amide bonds. The highest BCUT2D eigenvalue weighted by atomic mass is 16.6. The van der Waals surface area contributed by atoms with E-state index in [4.69, 9.17) is 9.47 Å². The van der Waals surface area contributed by atoms with E-state index >= 15 is 0 Å². The van der Waals surface area contributed by atoms with Crippen LogP contribution < -0.4 is 20.1 Å². The predicted molar refractivity (Wildman–Crippen MR) is 133 cm³/mol. The summed E-state index contributed by atoms with van der Waals surface area (Å²) in [6.45, 7) is 4.49. The average molecular weight is 476 g/mol. The minimum absolute atomic E-state index is 0.0543. The first-order chi connectivity index (χ1) is 17.0. The minimum Gasteiger partial charge on any atom is -0.486 e.